The predicted molar refractivity (Wildman–Crippen MR) is 83.7 cm³/mol. The van der Waals surface area contributed by atoms with Crippen LogP contribution in [-0.2, 0) is 6.54 Å². The Kier molecular flexibility index (Phi) is 4.68. The lowest BCUT2D eigenvalue weighted by Gasteiger charge is -2.14. The van der Waals surface area contributed by atoms with Gasteiger partial charge in [-0.1, -0.05) is 6.07 Å². The molecule has 0 amide bonds. The molecule has 1 unspecified atom stereocenters. The number of benzene rings is 1. The number of ether oxygens (including phenoxy) is 1. The molecule has 1 aromatic heterocycles. The minimum atomic E-state index is 0.182. The number of thiophene rings is 1. The molecule has 4 heteroatoms. The Bertz CT molecular complexity index is 592. The standard InChI is InChI=1S/C16H21NO2S/c1-10-7-14(12(3)20-10)11(2)17-9-13-5-6-16(19-4)15(18)8-13/h5-8,11,17-18H,9H2,1-4H3. The van der Waals surface area contributed by atoms with Gasteiger partial charge in [0.05, 0.1) is 7.11 Å². The lowest BCUT2D eigenvalue weighted by Crippen LogP contribution is -2.18. The van der Waals surface area contributed by atoms with Crippen molar-refractivity contribution in [2.45, 2.75) is 33.4 Å². The van der Waals surface area contributed by atoms with Crippen molar-refractivity contribution in [2.24, 2.45) is 0 Å². The van der Waals surface area contributed by atoms with Crippen molar-refractivity contribution in [3.05, 3.63) is 45.1 Å². The zero-order valence-corrected chi connectivity index (χ0v) is 13.2. The molecule has 2 aromatic rings. The fourth-order valence-corrected chi connectivity index (χ4v) is 3.33. The molecule has 1 heterocycles. The quantitative estimate of drug-likeness (QED) is 0.877. The van der Waals surface area contributed by atoms with Gasteiger partial charge in [-0.2, -0.15) is 0 Å². The summed E-state index contributed by atoms with van der Waals surface area (Å²) in [5.74, 6) is 0.688. The Balaban J connectivity index is 2.01. The van der Waals surface area contributed by atoms with Gasteiger partial charge in [0, 0.05) is 22.3 Å². The van der Waals surface area contributed by atoms with Gasteiger partial charge < -0.3 is 15.2 Å². The van der Waals surface area contributed by atoms with E-state index in [0.29, 0.717) is 18.3 Å². The Morgan fingerprint density at radius 3 is 2.60 bits per heavy atom. The molecule has 0 spiro atoms. The highest BCUT2D eigenvalue weighted by Crippen LogP contribution is 2.28. The summed E-state index contributed by atoms with van der Waals surface area (Å²) in [5, 5.41) is 13.3. The van der Waals surface area contributed by atoms with Crippen molar-refractivity contribution in [3.63, 3.8) is 0 Å². The monoisotopic (exact) mass is 291 g/mol. The molecule has 0 fully saturated rings. The maximum atomic E-state index is 9.77. The first-order valence-corrected chi connectivity index (χ1v) is 7.49. The molecule has 1 atom stereocenters. The molecule has 2 N–H and O–H groups in total. The third-order valence-corrected chi connectivity index (χ3v) is 4.38. The average Bonchev–Trinajstić information content (AvgIpc) is 2.75. The van der Waals surface area contributed by atoms with Crippen LogP contribution in [0.3, 0.4) is 0 Å². The van der Waals surface area contributed by atoms with E-state index in [1.54, 1.807) is 19.2 Å². The summed E-state index contributed by atoms with van der Waals surface area (Å²) >= 11 is 1.83. The molecule has 2 rings (SSSR count). The van der Waals surface area contributed by atoms with E-state index in [-0.39, 0.29) is 5.75 Å². The number of rotatable bonds is 5. The zero-order chi connectivity index (χ0) is 14.7. The van der Waals surface area contributed by atoms with Crippen molar-refractivity contribution in [1.82, 2.24) is 5.32 Å². The molecule has 0 aliphatic rings. The van der Waals surface area contributed by atoms with Crippen LogP contribution in [0.1, 0.15) is 33.8 Å². The van der Waals surface area contributed by atoms with Gasteiger partial charge in [0.25, 0.3) is 0 Å². The van der Waals surface area contributed by atoms with Crippen molar-refractivity contribution in [3.8, 4) is 11.5 Å². The molecule has 3 nitrogen and oxygen atoms in total. The minimum Gasteiger partial charge on any atom is -0.504 e. The van der Waals surface area contributed by atoms with E-state index < -0.39 is 0 Å². The molecule has 0 aliphatic heterocycles. The summed E-state index contributed by atoms with van der Waals surface area (Å²) in [7, 11) is 1.55. The molecule has 108 valence electrons. The number of hydrogen-bond donors (Lipinski definition) is 2. The van der Waals surface area contributed by atoms with Gasteiger partial charge in [-0.05, 0) is 50.1 Å². The number of aryl methyl sites for hydroxylation is 2. The normalized spacial score (nSPS) is 12.4. The average molecular weight is 291 g/mol. The SMILES string of the molecule is COc1ccc(CNC(C)c2cc(C)sc2C)cc1O. The minimum absolute atomic E-state index is 0.182. The highest BCUT2D eigenvalue weighted by Gasteiger charge is 2.11. The van der Waals surface area contributed by atoms with Crippen molar-refractivity contribution in [1.29, 1.82) is 0 Å². The molecular weight excluding hydrogens is 270 g/mol. The van der Waals surface area contributed by atoms with Crippen LogP contribution in [0.25, 0.3) is 0 Å². The zero-order valence-electron chi connectivity index (χ0n) is 12.4. The lowest BCUT2D eigenvalue weighted by molar-refractivity contribution is 0.373. The maximum absolute atomic E-state index is 9.77. The third kappa shape index (κ3) is 3.32. The van der Waals surface area contributed by atoms with Gasteiger partial charge >= 0.3 is 0 Å². The summed E-state index contributed by atoms with van der Waals surface area (Å²) in [6.07, 6.45) is 0. The van der Waals surface area contributed by atoms with E-state index >= 15 is 0 Å². The van der Waals surface area contributed by atoms with Crippen molar-refractivity contribution < 1.29 is 9.84 Å². The Morgan fingerprint density at radius 2 is 2.05 bits per heavy atom. The summed E-state index contributed by atoms with van der Waals surface area (Å²) in [6.45, 7) is 7.17. The van der Waals surface area contributed by atoms with Crippen molar-refractivity contribution in [2.75, 3.05) is 7.11 Å². The Hall–Kier alpha value is -1.52. The first-order valence-electron chi connectivity index (χ1n) is 6.67. The van der Waals surface area contributed by atoms with E-state index in [4.69, 9.17) is 4.74 Å². The first-order chi connectivity index (χ1) is 9.51. The Morgan fingerprint density at radius 1 is 1.30 bits per heavy atom. The summed E-state index contributed by atoms with van der Waals surface area (Å²) in [4.78, 5) is 2.70. The molecular formula is C16H21NO2S. The van der Waals surface area contributed by atoms with Crippen LogP contribution in [0.15, 0.2) is 24.3 Å². The molecule has 1 aromatic carbocycles. The molecule has 20 heavy (non-hydrogen) atoms. The second-order valence-electron chi connectivity index (χ2n) is 4.98. The number of nitrogens with one attached hydrogen (secondary N) is 1. The van der Waals surface area contributed by atoms with Gasteiger partial charge in [0.1, 0.15) is 0 Å². The molecule has 0 bridgehead atoms. The van der Waals surface area contributed by atoms with Gasteiger partial charge in [-0.25, -0.2) is 0 Å². The molecule has 0 radical (unpaired) electrons. The largest absolute Gasteiger partial charge is 0.504 e. The molecule has 0 saturated heterocycles. The van der Waals surface area contributed by atoms with Crippen molar-refractivity contribution >= 4 is 11.3 Å². The summed E-state index contributed by atoms with van der Waals surface area (Å²) < 4.78 is 5.04. The maximum Gasteiger partial charge on any atom is 0.160 e. The number of phenols is 1. The smallest absolute Gasteiger partial charge is 0.160 e. The van der Waals surface area contributed by atoms with Crippen LogP contribution in [0.4, 0.5) is 0 Å². The van der Waals surface area contributed by atoms with E-state index in [9.17, 15) is 5.11 Å². The first kappa shape index (κ1) is 14.9. The summed E-state index contributed by atoms with van der Waals surface area (Å²) in [6, 6.07) is 8.03. The third-order valence-electron chi connectivity index (χ3n) is 3.40. The van der Waals surface area contributed by atoms with E-state index in [2.05, 4.69) is 32.2 Å². The van der Waals surface area contributed by atoms with Crippen LogP contribution >= 0.6 is 11.3 Å². The number of methoxy groups -OCH3 is 1. The van der Waals surface area contributed by atoms with E-state index in [1.807, 2.05) is 17.4 Å². The van der Waals surface area contributed by atoms with E-state index in [0.717, 1.165) is 5.56 Å². The predicted octanol–water partition coefficient (Wildman–Crippen LogP) is 3.93. The van der Waals surface area contributed by atoms with Crippen LogP contribution in [0.5, 0.6) is 11.5 Å². The highest BCUT2D eigenvalue weighted by molar-refractivity contribution is 7.12. The fourth-order valence-electron chi connectivity index (χ4n) is 2.31. The van der Waals surface area contributed by atoms with E-state index in [1.165, 1.54) is 15.3 Å². The topological polar surface area (TPSA) is 41.5 Å². The Labute approximate surface area is 124 Å². The van der Waals surface area contributed by atoms with Crippen LogP contribution in [0, 0.1) is 13.8 Å². The molecule has 0 aliphatic carbocycles. The van der Waals surface area contributed by atoms with Gasteiger partial charge in [-0.3, -0.25) is 0 Å². The van der Waals surface area contributed by atoms with Crippen LogP contribution in [0.2, 0.25) is 0 Å². The second-order valence-corrected chi connectivity index (χ2v) is 6.44. The number of hydrogen-bond acceptors (Lipinski definition) is 4. The van der Waals surface area contributed by atoms with Gasteiger partial charge in [-0.15, -0.1) is 11.3 Å². The van der Waals surface area contributed by atoms with Gasteiger partial charge in [0.15, 0.2) is 11.5 Å². The van der Waals surface area contributed by atoms with Crippen LogP contribution in [-0.4, -0.2) is 12.2 Å². The summed E-state index contributed by atoms with van der Waals surface area (Å²) in [5.41, 5.74) is 2.39. The number of phenolic OH excluding ortho intramolecular Hbond substituents is 1. The highest BCUT2D eigenvalue weighted by atomic mass is 32.1. The molecule has 0 saturated carbocycles. The second kappa shape index (κ2) is 6.29. The number of aromatic hydroxyl groups is 1. The lowest BCUT2D eigenvalue weighted by atomic mass is 10.1. The fraction of sp³-hybridized carbons (Fsp3) is 0.375. The van der Waals surface area contributed by atoms with Gasteiger partial charge in [0.2, 0.25) is 0 Å². The van der Waals surface area contributed by atoms with Crippen LogP contribution < -0.4 is 10.1 Å².